The molecule has 26 heavy (non-hydrogen) atoms. The smallest absolute Gasteiger partial charge is 0.433 e. The number of hydrogen-bond donors (Lipinski definition) is 2. The van der Waals surface area contributed by atoms with Gasteiger partial charge in [-0.15, -0.1) is 12.4 Å². The second-order valence-electron chi connectivity index (χ2n) is 5.67. The molecule has 0 aliphatic carbocycles. The molecule has 9 heteroatoms. The molecular formula is C17H17ClF3N3O2. The normalized spacial score (nSPS) is 13.5. The van der Waals surface area contributed by atoms with Crippen LogP contribution in [0.25, 0.3) is 0 Å². The van der Waals surface area contributed by atoms with E-state index in [1.54, 1.807) is 18.2 Å². The number of nitrogens with zero attached hydrogens (tertiary/aromatic N) is 1. The van der Waals surface area contributed by atoms with Gasteiger partial charge < -0.3 is 15.8 Å². The summed E-state index contributed by atoms with van der Waals surface area (Å²) in [4.78, 5) is 15.0. The summed E-state index contributed by atoms with van der Waals surface area (Å²) in [5.41, 5.74) is 6.16. The molecule has 0 saturated heterocycles. The number of anilines is 1. The molecule has 2 heterocycles. The number of benzene rings is 1. The molecule has 0 atom stereocenters. The minimum atomic E-state index is -4.58. The van der Waals surface area contributed by atoms with Gasteiger partial charge >= 0.3 is 6.18 Å². The molecule has 0 fully saturated rings. The molecule has 0 radical (unpaired) electrons. The fraction of sp³-hybridized carbons (Fsp3) is 0.294. The highest BCUT2D eigenvalue weighted by atomic mass is 35.5. The molecule has 0 unspecified atom stereocenters. The molecular weight excluding hydrogens is 371 g/mol. The molecule has 0 saturated carbocycles. The van der Waals surface area contributed by atoms with E-state index in [-0.39, 0.29) is 37.2 Å². The number of carbonyl (C=O) groups is 1. The zero-order valence-corrected chi connectivity index (χ0v) is 14.4. The maximum Gasteiger partial charge on any atom is 0.433 e. The van der Waals surface area contributed by atoms with Gasteiger partial charge in [0.25, 0.3) is 0 Å². The van der Waals surface area contributed by atoms with Crippen molar-refractivity contribution in [2.75, 3.05) is 11.9 Å². The summed E-state index contributed by atoms with van der Waals surface area (Å²) in [5.74, 6) is 0.124. The third kappa shape index (κ3) is 4.44. The predicted molar refractivity (Wildman–Crippen MR) is 92.7 cm³/mol. The SMILES string of the molecule is Cl.NCCc1cc(Oc2cccc3c2CCC(=O)N3)nc(C(F)(F)F)c1. The van der Waals surface area contributed by atoms with E-state index >= 15 is 0 Å². The number of amides is 1. The Morgan fingerprint density at radius 2 is 2.00 bits per heavy atom. The Kier molecular flexibility index (Phi) is 6.09. The topological polar surface area (TPSA) is 77.2 Å². The number of pyridine rings is 1. The molecule has 3 N–H and O–H groups in total. The molecule has 0 spiro atoms. The number of aromatic nitrogens is 1. The second-order valence-corrected chi connectivity index (χ2v) is 5.67. The lowest BCUT2D eigenvalue weighted by Crippen LogP contribution is -2.19. The first-order valence-corrected chi connectivity index (χ1v) is 7.74. The lowest BCUT2D eigenvalue weighted by atomic mass is 10.0. The number of nitrogens with one attached hydrogen (secondary N) is 1. The van der Waals surface area contributed by atoms with Crippen molar-refractivity contribution in [3.8, 4) is 11.6 Å². The fourth-order valence-corrected chi connectivity index (χ4v) is 2.67. The van der Waals surface area contributed by atoms with Crippen molar-refractivity contribution >= 4 is 24.0 Å². The summed E-state index contributed by atoms with van der Waals surface area (Å²) < 4.78 is 44.8. The van der Waals surface area contributed by atoms with E-state index < -0.39 is 11.9 Å². The molecule has 1 aromatic heterocycles. The van der Waals surface area contributed by atoms with Gasteiger partial charge in [0.2, 0.25) is 11.8 Å². The maximum atomic E-state index is 13.0. The van der Waals surface area contributed by atoms with Crippen molar-refractivity contribution in [1.29, 1.82) is 0 Å². The van der Waals surface area contributed by atoms with Crippen LogP contribution in [-0.4, -0.2) is 17.4 Å². The minimum Gasteiger partial charge on any atom is -0.439 e. The highest BCUT2D eigenvalue weighted by Crippen LogP contribution is 2.35. The first-order valence-electron chi connectivity index (χ1n) is 7.74. The van der Waals surface area contributed by atoms with Crippen LogP contribution in [0.3, 0.4) is 0 Å². The Morgan fingerprint density at radius 3 is 2.69 bits per heavy atom. The number of fused-ring (bicyclic) bond motifs is 1. The number of rotatable bonds is 4. The number of nitrogens with two attached hydrogens (primary N) is 1. The van der Waals surface area contributed by atoms with Crippen LogP contribution >= 0.6 is 12.4 Å². The summed E-state index contributed by atoms with van der Waals surface area (Å²) in [5, 5.41) is 2.72. The van der Waals surface area contributed by atoms with Crippen LogP contribution in [0.1, 0.15) is 23.2 Å². The zero-order chi connectivity index (χ0) is 18.0. The van der Waals surface area contributed by atoms with E-state index in [0.29, 0.717) is 29.8 Å². The summed E-state index contributed by atoms with van der Waals surface area (Å²) in [7, 11) is 0. The molecule has 5 nitrogen and oxygen atoms in total. The summed E-state index contributed by atoms with van der Waals surface area (Å²) >= 11 is 0. The van der Waals surface area contributed by atoms with E-state index in [0.717, 1.165) is 11.6 Å². The first kappa shape index (κ1) is 20.0. The molecule has 1 aliphatic heterocycles. The largest absolute Gasteiger partial charge is 0.439 e. The standard InChI is InChI=1S/C17H16F3N3O2.ClH/c18-17(19,20)14-8-10(6-7-21)9-16(23-14)25-13-3-1-2-12-11(13)4-5-15(24)22-12;/h1-3,8-9H,4-7,21H2,(H,22,24);1H. The van der Waals surface area contributed by atoms with Crippen molar-refractivity contribution < 1.29 is 22.7 Å². The lowest BCUT2D eigenvalue weighted by molar-refractivity contribution is -0.141. The molecule has 140 valence electrons. The van der Waals surface area contributed by atoms with Gasteiger partial charge in [-0.2, -0.15) is 13.2 Å². The molecule has 3 rings (SSSR count). The quantitative estimate of drug-likeness (QED) is 0.838. The van der Waals surface area contributed by atoms with Gasteiger partial charge in [-0.1, -0.05) is 6.07 Å². The van der Waals surface area contributed by atoms with Gasteiger partial charge in [-0.25, -0.2) is 4.98 Å². The number of ether oxygens (including phenoxy) is 1. The predicted octanol–water partition coefficient (Wildman–Crippen LogP) is 3.70. The van der Waals surface area contributed by atoms with E-state index in [1.807, 2.05) is 0 Å². The molecule has 2 aromatic rings. The van der Waals surface area contributed by atoms with Crippen molar-refractivity contribution in [2.45, 2.75) is 25.4 Å². The Bertz CT molecular complexity index is 812. The van der Waals surface area contributed by atoms with Crippen molar-refractivity contribution in [1.82, 2.24) is 4.98 Å². The van der Waals surface area contributed by atoms with Gasteiger partial charge in [-0.3, -0.25) is 4.79 Å². The van der Waals surface area contributed by atoms with Crippen molar-refractivity contribution in [2.24, 2.45) is 5.73 Å². The number of halogens is 4. The van der Waals surface area contributed by atoms with Gasteiger partial charge in [0.15, 0.2) is 0 Å². The summed E-state index contributed by atoms with van der Waals surface area (Å²) in [6.07, 6.45) is -3.55. The Morgan fingerprint density at radius 1 is 1.23 bits per heavy atom. The zero-order valence-electron chi connectivity index (χ0n) is 13.6. The van der Waals surface area contributed by atoms with E-state index in [4.69, 9.17) is 10.5 Å². The molecule has 1 aromatic carbocycles. The molecule has 0 bridgehead atoms. The van der Waals surface area contributed by atoms with Crippen LogP contribution in [0.5, 0.6) is 11.6 Å². The number of carbonyl (C=O) groups excluding carboxylic acids is 1. The Balaban J connectivity index is 0.00000243. The molecule has 1 amide bonds. The van der Waals surface area contributed by atoms with E-state index in [1.165, 1.54) is 6.07 Å². The van der Waals surface area contributed by atoms with Gasteiger partial charge in [-0.05, 0) is 43.1 Å². The maximum absolute atomic E-state index is 13.0. The monoisotopic (exact) mass is 387 g/mol. The average molecular weight is 388 g/mol. The van der Waals surface area contributed by atoms with Crippen LogP contribution in [0, 0.1) is 0 Å². The average Bonchev–Trinajstić information content (AvgIpc) is 2.54. The third-order valence-electron chi connectivity index (χ3n) is 3.81. The molecule has 1 aliphatic rings. The van der Waals surface area contributed by atoms with Crippen LogP contribution in [0.4, 0.5) is 18.9 Å². The Labute approximate surface area is 154 Å². The highest BCUT2D eigenvalue weighted by molar-refractivity contribution is 5.94. The summed E-state index contributed by atoms with van der Waals surface area (Å²) in [6, 6.07) is 7.44. The van der Waals surface area contributed by atoms with Gasteiger partial charge in [0.1, 0.15) is 11.4 Å². The third-order valence-corrected chi connectivity index (χ3v) is 3.81. The van der Waals surface area contributed by atoms with E-state index in [2.05, 4.69) is 10.3 Å². The Hall–Kier alpha value is -2.32. The number of alkyl halides is 3. The van der Waals surface area contributed by atoms with Crippen LogP contribution in [0.15, 0.2) is 30.3 Å². The van der Waals surface area contributed by atoms with Gasteiger partial charge in [0, 0.05) is 23.7 Å². The van der Waals surface area contributed by atoms with Gasteiger partial charge in [0.05, 0.1) is 0 Å². The van der Waals surface area contributed by atoms with Crippen LogP contribution in [0.2, 0.25) is 0 Å². The van der Waals surface area contributed by atoms with E-state index in [9.17, 15) is 18.0 Å². The van der Waals surface area contributed by atoms with Crippen molar-refractivity contribution in [3.63, 3.8) is 0 Å². The minimum absolute atomic E-state index is 0. The van der Waals surface area contributed by atoms with Crippen LogP contribution < -0.4 is 15.8 Å². The second kappa shape index (κ2) is 7.92. The fourth-order valence-electron chi connectivity index (χ4n) is 2.67. The lowest BCUT2D eigenvalue weighted by Gasteiger charge is -2.20. The number of hydrogen-bond acceptors (Lipinski definition) is 4. The van der Waals surface area contributed by atoms with Crippen molar-refractivity contribution in [3.05, 3.63) is 47.2 Å². The first-order chi connectivity index (χ1) is 11.9. The highest BCUT2D eigenvalue weighted by Gasteiger charge is 2.33. The van der Waals surface area contributed by atoms with Crippen LogP contribution in [-0.2, 0) is 23.8 Å². The summed E-state index contributed by atoms with van der Waals surface area (Å²) in [6.45, 7) is 0.216.